The molecular weight excluding hydrogens is 392 g/mol. The van der Waals surface area contributed by atoms with Crippen molar-refractivity contribution in [3.8, 4) is 5.75 Å². The number of carbonyl (C=O) groups excluding carboxylic acids is 1. The number of benzene rings is 1. The van der Waals surface area contributed by atoms with E-state index in [0.29, 0.717) is 17.1 Å². The van der Waals surface area contributed by atoms with Crippen LogP contribution in [-0.2, 0) is 4.79 Å². The number of nitrogens with zero attached hydrogens (tertiary/aromatic N) is 5. The predicted octanol–water partition coefficient (Wildman–Crippen LogP) is 2.80. The largest absolute Gasteiger partial charge is 0.484 e. The fourth-order valence-electron chi connectivity index (χ4n) is 3.58. The van der Waals surface area contributed by atoms with Gasteiger partial charge in [-0.05, 0) is 52.1 Å². The van der Waals surface area contributed by atoms with Crippen LogP contribution in [0.5, 0.6) is 5.75 Å². The van der Waals surface area contributed by atoms with Crippen LogP contribution in [0.4, 0.5) is 11.6 Å². The van der Waals surface area contributed by atoms with E-state index in [1.165, 1.54) is 0 Å². The third-order valence-electron chi connectivity index (χ3n) is 5.41. The molecule has 1 N–H and O–H groups in total. The Balaban J connectivity index is 1.44. The molecule has 1 aliphatic rings. The van der Waals surface area contributed by atoms with Gasteiger partial charge in [0.15, 0.2) is 12.3 Å². The highest BCUT2D eigenvalue weighted by Gasteiger charge is 2.17. The minimum absolute atomic E-state index is 0.0705. The van der Waals surface area contributed by atoms with Crippen molar-refractivity contribution in [3.63, 3.8) is 0 Å². The van der Waals surface area contributed by atoms with E-state index in [-0.39, 0.29) is 12.5 Å². The molecule has 8 heteroatoms. The monoisotopic (exact) mass is 420 g/mol. The fraction of sp³-hybridized carbons (Fsp3) is 0.391. The van der Waals surface area contributed by atoms with Crippen molar-refractivity contribution < 1.29 is 9.53 Å². The van der Waals surface area contributed by atoms with Gasteiger partial charge in [-0.2, -0.15) is 4.98 Å². The number of ether oxygens (including phenoxy) is 1. The van der Waals surface area contributed by atoms with Crippen LogP contribution in [0, 0.1) is 13.8 Å². The second-order valence-corrected chi connectivity index (χ2v) is 8.00. The number of carbonyl (C=O) groups is 1. The van der Waals surface area contributed by atoms with Crippen LogP contribution < -0.4 is 15.0 Å². The number of aryl methyl sites for hydroxylation is 2. The van der Waals surface area contributed by atoms with Gasteiger partial charge in [0.1, 0.15) is 5.75 Å². The number of fused-ring (bicyclic) bond motifs is 1. The summed E-state index contributed by atoms with van der Waals surface area (Å²) in [5.41, 5.74) is 3.22. The molecule has 0 saturated carbocycles. The average Bonchev–Trinajstić information content (AvgIpc) is 2.98. The molecule has 8 nitrogen and oxygen atoms in total. The molecule has 1 saturated heterocycles. The second-order valence-electron chi connectivity index (χ2n) is 8.00. The maximum Gasteiger partial charge on any atom is 0.262 e. The second kappa shape index (κ2) is 9.26. The third-order valence-corrected chi connectivity index (χ3v) is 5.41. The molecule has 0 atom stereocenters. The number of hydrogen-bond donors (Lipinski definition) is 1. The summed E-state index contributed by atoms with van der Waals surface area (Å²) >= 11 is 0. The predicted molar refractivity (Wildman–Crippen MR) is 122 cm³/mol. The highest BCUT2D eigenvalue weighted by molar-refractivity contribution is 5.94. The zero-order valence-corrected chi connectivity index (χ0v) is 18.3. The van der Waals surface area contributed by atoms with Gasteiger partial charge < -0.3 is 19.9 Å². The first-order chi connectivity index (χ1) is 15.0. The van der Waals surface area contributed by atoms with Gasteiger partial charge in [-0.15, -0.1) is 0 Å². The van der Waals surface area contributed by atoms with E-state index in [2.05, 4.69) is 32.1 Å². The number of hydrogen-bond acceptors (Lipinski definition) is 7. The Kier molecular flexibility index (Phi) is 6.27. The first kappa shape index (κ1) is 21.0. The van der Waals surface area contributed by atoms with E-state index in [1.54, 1.807) is 6.20 Å². The number of nitrogens with one attached hydrogen (secondary N) is 1. The maximum atomic E-state index is 12.3. The fourth-order valence-corrected chi connectivity index (χ4v) is 3.58. The standard InChI is InChI=1S/C23H28N6O2/c1-16-5-7-19(8-6-16)31-15-21(30)26-18-13-20-17(2)25-23(27-22(20)24-14-18)29-10-4-9-28(3)11-12-29/h5-8,13-14H,4,9-12,15H2,1-3H3,(H,26,30). The summed E-state index contributed by atoms with van der Waals surface area (Å²) < 4.78 is 5.54. The van der Waals surface area contributed by atoms with Crippen molar-refractivity contribution in [1.82, 2.24) is 19.9 Å². The Morgan fingerprint density at radius 1 is 1.10 bits per heavy atom. The van der Waals surface area contributed by atoms with Crippen LogP contribution in [0.15, 0.2) is 36.5 Å². The molecule has 162 valence electrons. The van der Waals surface area contributed by atoms with Gasteiger partial charge in [0.25, 0.3) is 5.91 Å². The molecule has 3 aromatic rings. The van der Waals surface area contributed by atoms with E-state index in [9.17, 15) is 4.79 Å². The maximum absolute atomic E-state index is 12.3. The van der Waals surface area contributed by atoms with Crippen LogP contribution >= 0.6 is 0 Å². The lowest BCUT2D eigenvalue weighted by Gasteiger charge is -2.21. The van der Waals surface area contributed by atoms with Crippen molar-refractivity contribution >= 4 is 28.6 Å². The summed E-state index contributed by atoms with van der Waals surface area (Å²) in [6, 6.07) is 9.45. The van der Waals surface area contributed by atoms with E-state index >= 15 is 0 Å². The molecule has 1 aliphatic heterocycles. The smallest absolute Gasteiger partial charge is 0.262 e. The molecule has 4 rings (SSSR count). The summed E-state index contributed by atoms with van der Waals surface area (Å²) in [7, 11) is 2.14. The van der Waals surface area contributed by atoms with Gasteiger partial charge in [-0.25, -0.2) is 9.97 Å². The van der Waals surface area contributed by atoms with Crippen LogP contribution in [0.1, 0.15) is 17.7 Å². The molecule has 0 unspecified atom stereocenters. The zero-order chi connectivity index (χ0) is 21.8. The number of pyridine rings is 1. The first-order valence-electron chi connectivity index (χ1n) is 10.5. The van der Waals surface area contributed by atoms with Gasteiger partial charge in [0.2, 0.25) is 5.95 Å². The van der Waals surface area contributed by atoms with E-state index in [0.717, 1.165) is 55.2 Å². The zero-order valence-electron chi connectivity index (χ0n) is 18.3. The number of aromatic nitrogens is 3. The van der Waals surface area contributed by atoms with Crippen molar-refractivity contribution in [2.45, 2.75) is 20.3 Å². The van der Waals surface area contributed by atoms with Gasteiger partial charge in [-0.3, -0.25) is 4.79 Å². The Bertz CT molecular complexity index is 1070. The summed E-state index contributed by atoms with van der Waals surface area (Å²) in [4.78, 5) is 30.7. The van der Waals surface area contributed by atoms with E-state index < -0.39 is 0 Å². The molecule has 1 aromatic carbocycles. The van der Waals surface area contributed by atoms with Crippen LogP contribution in [-0.4, -0.2) is 65.6 Å². The molecule has 0 aliphatic carbocycles. The van der Waals surface area contributed by atoms with Gasteiger partial charge in [0, 0.05) is 25.0 Å². The minimum Gasteiger partial charge on any atom is -0.484 e. The third kappa shape index (κ3) is 5.27. The van der Waals surface area contributed by atoms with Gasteiger partial charge >= 0.3 is 0 Å². The lowest BCUT2D eigenvalue weighted by molar-refractivity contribution is -0.118. The molecule has 2 aromatic heterocycles. The summed E-state index contributed by atoms with van der Waals surface area (Å²) in [6.07, 6.45) is 2.71. The van der Waals surface area contributed by atoms with Crippen molar-refractivity contribution in [2.75, 3.05) is 50.1 Å². The molecule has 31 heavy (non-hydrogen) atoms. The highest BCUT2D eigenvalue weighted by atomic mass is 16.5. The van der Waals surface area contributed by atoms with Crippen LogP contribution in [0.25, 0.3) is 11.0 Å². The van der Waals surface area contributed by atoms with Crippen molar-refractivity contribution in [2.24, 2.45) is 0 Å². The Hall–Kier alpha value is -3.26. The normalized spacial score (nSPS) is 15.0. The number of rotatable bonds is 5. The average molecular weight is 421 g/mol. The topological polar surface area (TPSA) is 83.5 Å². The molecule has 1 amide bonds. The summed E-state index contributed by atoms with van der Waals surface area (Å²) in [5, 5.41) is 3.66. The van der Waals surface area contributed by atoms with Gasteiger partial charge in [0.05, 0.1) is 17.6 Å². The summed E-state index contributed by atoms with van der Waals surface area (Å²) in [5.74, 6) is 1.13. The Morgan fingerprint density at radius 3 is 2.71 bits per heavy atom. The van der Waals surface area contributed by atoms with Crippen LogP contribution in [0.3, 0.4) is 0 Å². The quantitative estimate of drug-likeness (QED) is 0.679. The van der Waals surface area contributed by atoms with Crippen LogP contribution in [0.2, 0.25) is 0 Å². The number of amides is 1. The number of likely N-dealkylation sites (N-methyl/N-ethyl adjacent to an activating group) is 1. The number of anilines is 2. The summed E-state index contributed by atoms with van der Waals surface area (Å²) in [6.45, 7) is 7.79. The van der Waals surface area contributed by atoms with E-state index in [1.807, 2.05) is 44.2 Å². The Labute approximate surface area is 182 Å². The molecule has 0 radical (unpaired) electrons. The Morgan fingerprint density at radius 2 is 1.90 bits per heavy atom. The minimum atomic E-state index is -0.245. The molecule has 3 heterocycles. The lowest BCUT2D eigenvalue weighted by Crippen LogP contribution is -2.30. The SMILES string of the molecule is Cc1ccc(OCC(=O)Nc2cnc3nc(N4CCCN(C)CC4)nc(C)c3c2)cc1. The van der Waals surface area contributed by atoms with Crippen molar-refractivity contribution in [1.29, 1.82) is 0 Å². The highest BCUT2D eigenvalue weighted by Crippen LogP contribution is 2.21. The molecule has 0 bridgehead atoms. The van der Waals surface area contributed by atoms with Gasteiger partial charge in [-0.1, -0.05) is 17.7 Å². The molecule has 1 fully saturated rings. The van der Waals surface area contributed by atoms with Crippen molar-refractivity contribution in [3.05, 3.63) is 47.8 Å². The first-order valence-corrected chi connectivity index (χ1v) is 10.5. The molecule has 0 spiro atoms. The lowest BCUT2D eigenvalue weighted by atomic mass is 10.2. The van der Waals surface area contributed by atoms with E-state index in [4.69, 9.17) is 9.72 Å². The molecular formula is C23H28N6O2.